The monoisotopic (exact) mass is 438 g/mol. The number of carboxylic acid groups (broad SMARTS) is 1. The maximum Gasteiger partial charge on any atom is 0.327 e. The first kappa shape index (κ1) is 26.5. The quantitative estimate of drug-likeness (QED) is 0.165. The van der Waals surface area contributed by atoms with Crippen molar-refractivity contribution in [2.24, 2.45) is 11.7 Å². The van der Waals surface area contributed by atoms with Crippen LogP contribution in [-0.4, -0.2) is 75.7 Å². The number of thiol groups is 2. The zero-order valence-electron chi connectivity index (χ0n) is 16.1. The predicted molar refractivity (Wildman–Crippen MR) is 110 cm³/mol. The number of aliphatic carboxylic acids is 1. The third-order valence-corrected chi connectivity index (χ3v) is 4.47. The molecular formula is C16H30N4O6S2. The zero-order chi connectivity index (χ0) is 22.0. The van der Waals surface area contributed by atoms with Crippen molar-refractivity contribution < 1.29 is 29.4 Å². The number of hydrogen-bond acceptors (Lipinski definition) is 8. The fraction of sp³-hybridized carbons (Fsp3) is 0.750. The van der Waals surface area contributed by atoms with Crippen molar-refractivity contribution in [1.82, 2.24) is 16.0 Å². The van der Waals surface area contributed by atoms with Gasteiger partial charge in [0.2, 0.25) is 17.7 Å². The second-order valence-corrected chi connectivity index (χ2v) is 7.52. The van der Waals surface area contributed by atoms with Gasteiger partial charge in [-0.15, -0.1) is 0 Å². The van der Waals surface area contributed by atoms with Crippen LogP contribution in [0.2, 0.25) is 0 Å². The van der Waals surface area contributed by atoms with Gasteiger partial charge in [0, 0.05) is 11.5 Å². The van der Waals surface area contributed by atoms with Crippen molar-refractivity contribution in [1.29, 1.82) is 0 Å². The van der Waals surface area contributed by atoms with Gasteiger partial charge in [-0.1, -0.05) is 13.8 Å². The molecule has 0 radical (unpaired) electrons. The molecular weight excluding hydrogens is 408 g/mol. The lowest BCUT2D eigenvalue weighted by atomic mass is 10.0. The van der Waals surface area contributed by atoms with E-state index in [4.69, 9.17) is 10.8 Å². The maximum atomic E-state index is 12.5. The molecule has 0 saturated carbocycles. The molecule has 0 aromatic rings. The van der Waals surface area contributed by atoms with Crippen LogP contribution in [0.5, 0.6) is 0 Å². The molecule has 28 heavy (non-hydrogen) atoms. The van der Waals surface area contributed by atoms with Gasteiger partial charge in [-0.2, -0.15) is 25.3 Å². The van der Waals surface area contributed by atoms with Gasteiger partial charge < -0.3 is 31.9 Å². The molecule has 0 saturated heterocycles. The highest BCUT2D eigenvalue weighted by atomic mass is 32.1. The lowest BCUT2D eigenvalue weighted by Gasteiger charge is -2.26. The molecule has 162 valence electrons. The summed E-state index contributed by atoms with van der Waals surface area (Å²) in [6.07, 6.45) is -0.870. The average Bonchev–Trinajstić information content (AvgIpc) is 2.59. The number of carbonyl (C=O) groups is 4. The van der Waals surface area contributed by atoms with E-state index in [1.165, 1.54) is 6.92 Å². The van der Waals surface area contributed by atoms with E-state index in [1.807, 2.05) is 13.8 Å². The van der Waals surface area contributed by atoms with E-state index >= 15 is 0 Å². The van der Waals surface area contributed by atoms with Gasteiger partial charge in [0.1, 0.15) is 18.1 Å². The Kier molecular flexibility index (Phi) is 12.2. The van der Waals surface area contributed by atoms with Gasteiger partial charge in [-0.3, -0.25) is 14.4 Å². The highest BCUT2D eigenvalue weighted by Crippen LogP contribution is 2.04. The number of nitrogens with one attached hydrogen (secondary N) is 3. The Hall–Kier alpha value is -1.50. The first-order chi connectivity index (χ1) is 12.9. The molecule has 0 aliphatic carbocycles. The summed E-state index contributed by atoms with van der Waals surface area (Å²) in [7, 11) is 0. The van der Waals surface area contributed by atoms with E-state index in [-0.39, 0.29) is 17.4 Å². The Balaban J connectivity index is 5.07. The summed E-state index contributed by atoms with van der Waals surface area (Å²) in [4.78, 5) is 47.8. The van der Waals surface area contributed by atoms with Crippen LogP contribution in [0.4, 0.5) is 0 Å². The SMILES string of the molecule is CC(C)CC(N)C(=O)NC(C(=O)NC(CS)C(=O)NC(CS)C(=O)O)C(C)O. The first-order valence-electron chi connectivity index (χ1n) is 8.73. The van der Waals surface area contributed by atoms with Gasteiger partial charge in [0.15, 0.2) is 0 Å². The van der Waals surface area contributed by atoms with Crippen LogP contribution < -0.4 is 21.7 Å². The minimum atomic E-state index is -1.35. The number of nitrogens with two attached hydrogens (primary N) is 1. The summed E-state index contributed by atoms with van der Waals surface area (Å²) in [5, 5.41) is 25.8. The van der Waals surface area contributed by atoms with E-state index in [1.54, 1.807) is 0 Å². The third kappa shape index (κ3) is 9.13. The highest BCUT2D eigenvalue weighted by Gasteiger charge is 2.31. The van der Waals surface area contributed by atoms with Crippen molar-refractivity contribution in [2.45, 2.75) is 57.5 Å². The van der Waals surface area contributed by atoms with E-state index in [9.17, 15) is 24.3 Å². The molecule has 3 amide bonds. The van der Waals surface area contributed by atoms with E-state index in [0.29, 0.717) is 6.42 Å². The smallest absolute Gasteiger partial charge is 0.327 e. The summed E-state index contributed by atoms with van der Waals surface area (Å²) in [5.41, 5.74) is 5.78. The lowest BCUT2D eigenvalue weighted by molar-refractivity contribution is -0.141. The zero-order valence-corrected chi connectivity index (χ0v) is 17.9. The van der Waals surface area contributed by atoms with Crippen molar-refractivity contribution in [3.63, 3.8) is 0 Å². The van der Waals surface area contributed by atoms with Crippen LogP contribution >= 0.6 is 25.3 Å². The Bertz CT molecular complexity index is 561. The number of carbonyl (C=O) groups excluding carboxylic acids is 3. The molecule has 0 rings (SSSR count). The highest BCUT2D eigenvalue weighted by molar-refractivity contribution is 7.80. The Morgan fingerprint density at radius 1 is 0.893 bits per heavy atom. The van der Waals surface area contributed by atoms with Crippen LogP contribution in [-0.2, 0) is 19.2 Å². The summed E-state index contributed by atoms with van der Waals surface area (Å²) < 4.78 is 0. The first-order valence-corrected chi connectivity index (χ1v) is 10.00. The molecule has 0 aromatic carbocycles. The largest absolute Gasteiger partial charge is 0.480 e. The molecule has 12 heteroatoms. The molecule has 0 aromatic heterocycles. The van der Waals surface area contributed by atoms with Gasteiger partial charge in [-0.25, -0.2) is 4.79 Å². The normalized spacial score (nSPS) is 16.4. The number of carboxylic acids is 1. The van der Waals surface area contributed by atoms with Crippen LogP contribution in [0.3, 0.4) is 0 Å². The Labute approximate surface area is 175 Å². The van der Waals surface area contributed by atoms with Gasteiger partial charge in [0.25, 0.3) is 0 Å². The number of aliphatic hydroxyl groups is 1. The van der Waals surface area contributed by atoms with Crippen LogP contribution in [0.25, 0.3) is 0 Å². The molecule has 0 bridgehead atoms. The standard InChI is InChI=1S/C16H30N4O6S2/c1-7(2)4-9(17)13(22)20-12(8(3)21)15(24)18-10(5-27)14(23)19-11(6-28)16(25)26/h7-12,21,27-28H,4-6,17H2,1-3H3,(H,18,24)(H,19,23)(H,20,22)(H,25,26). The number of amides is 3. The third-order valence-electron chi connectivity index (χ3n) is 3.74. The minimum absolute atomic E-state index is 0.135. The molecule has 0 heterocycles. The Morgan fingerprint density at radius 3 is 1.79 bits per heavy atom. The molecule has 10 nitrogen and oxygen atoms in total. The molecule has 0 aliphatic rings. The van der Waals surface area contributed by atoms with Gasteiger partial charge in [-0.05, 0) is 19.3 Å². The summed E-state index contributed by atoms with van der Waals surface area (Å²) in [6.45, 7) is 5.07. The molecule has 5 unspecified atom stereocenters. The van der Waals surface area contributed by atoms with E-state index < -0.39 is 54.0 Å². The molecule has 0 spiro atoms. The van der Waals surface area contributed by atoms with Crippen LogP contribution in [0.1, 0.15) is 27.2 Å². The van der Waals surface area contributed by atoms with E-state index in [2.05, 4.69) is 41.2 Å². The molecule has 5 atom stereocenters. The minimum Gasteiger partial charge on any atom is -0.480 e. The molecule has 0 fully saturated rings. The second kappa shape index (κ2) is 12.9. The molecule has 0 aliphatic heterocycles. The summed E-state index contributed by atoms with van der Waals surface area (Å²) in [5.74, 6) is -3.61. The summed E-state index contributed by atoms with van der Waals surface area (Å²) >= 11 is 7.82. The summed E-state index contributed by atoms with van der Waals surface area (Å²) in [6, 6.07) is -4.62. The topological polar surface area (TPSA) is 171 Å². The second-order valence-electron chi connectivity index (χ2n) is 6.79. The maximum absolute atomic E-state index is 12.5. The number of aliphatic hydroxyl groups excluding tert-OH is 1. The Morgan fingerprint density at radius 2 is 1.39 bits per heavy atom. The van der Waals surface area contributed by atoms with Crippen molar-refractivity contribution >= 4 is 48.9 Å². The van der Waals surface area contributed by atoms with Gasteiger partial charge in [0.05, 0.1) is 12.1 Å². The molecule has 7 N–H and O–H groups in total. The van der Waals surface area contributed by atoms with Crippen LogP contribution in [0.15, 0.2) is 0 Å². The van der Waals surface area contributed by atoms with Crippen molar-refractivity contribution in [2.75, 3.05) is 11.5 Å². The fourth-order valence-corrected chi connectivity index (χ4v) is 2.70. The number of rotatable bonds is 12. The predicted octanol–water partition coefficient (Wildman–Crippen LogP) is -1.86. The van der Waals surface area contributed by atoms with Crippen LogP contribution in [0, 0.1) is 5.92 Å². The van der Waals surface area contributed by atoms with Crippen molar-refractivity contribution in [3.05, 3.63) is 0 Å². The van der Waals surface area contributed by atoms with E-state index in [0.717, 1.165) is 0 Å². The fourth-order valence-electron chi connectivity index (χ4n) is 2.19. The average molecular weight is 439 g/mol. The lowest BCUT2D eigenvalue weighted by Crippen LogP contribution is -2.60. The number of hydrogen-bond donors (Lipinski definition) is 8. The van der Waals surface area contributed by atoms with Gasteiger partial charge >= 0.3 is 5.97 Å². The van der Waals surface area contributed by atoms with Crippen molar-refractivity contribution in [3.8, 4) is 0 Å².